The first kappa shape index (κ1) is 12.6. The summed E-state index contributed by atoms with van der Waals surface area (Å²) in [6, 6.07) is 19.2. The van der Waals surface area contributed by atoms with Gasteiger partial charge in [0.05, 0.1) is 11.0 Å². The van der Waals surface area contributed by atoms with Crippen LogP contribution in [0.3, 0.4) is 0 Å². The maximum atomic E-state index is 10.7. The number of para-hydroxylation sites is 2. The van der Waals surface area contributed by atoms with Crippen molar-refractivity contribution in [1.82, 2.24) is 9.97 Å². The largest absolute Gasteiger partial charge is 0.453 e. The Hall–Kier alpha value is -3.14. The Morgan fingerprint density at radius 3 is 2.64 bits per heavy atom. The van der Waals surface area contributed by atoms with Gasteiger partial charge in [0.15, 0.2) is 12.0 Å². The molecule has 0 bridgehead atoms. The van der Waals surface area contributed by atoms with E-state index in [2.05, 4.69) is 9.97 Å². The van der Waals surface area contributed by atoms with Crippen molar-refractivity contribution in [2.45, 2.75) is 0 Å². The lowest BCUT2D eigenvalue weighted by molar-refractivity contribution is 0.110. The molecule has 0 aliphatic heterocycles. The van der Waals surface area contributed by atoms with Crippen LogP contribution in [0, 0.1) is 0 Å². The van der Waals surface area contributed by atoms with Crippen LogP contribution < -0.4 is 0 Å². The van der Waals surface area contributed by atoms with Gasteiger partial charge in [-0.2, -0.15) is 0 Å². The first-order valence-corrected chi connectivity index (χ1v) is 6.94. The number of imidazole rings is 1. The normalized spacial score (nSPS) is 10.9. The van der Waals surface area contributed by atoms with Crippen molar-refractivity contribution in [2.75, 3.05) is 0 Å². The molecule has 0 atom stereocenters. The molecule has 4 rings (SSSR count). The van der Waals surface area contributed by atoms with Crippen LogP contribution in [0.25, 0.3) is 33.7 Å². The Morgan fingerprint density at radius 1 is 0.955 bits per heavy atom. The molecule has 4 aromatic rings. The zero-order chi connectivity index (χ0) is 14.9. The Bertz CT molecular complexity index is 933. The summed E-state index contributed by atoms with van der Waals surface area (Å²) in [6.07, 6.45) is 0.701. The molecule has 0 radical (unpaired) electrons. The lowest BCUT2D eigenvalue weighted by Crippen LogP contribution is -1.82. The van der Waals surface area contributed by atoms with Gasteiger partial charge in [-0.3, -0.25) is 4.79 Å². The van der Waals surface area contributed by atoms with Crippen LogP contribution in [0.15, 0.2) is 65.1 Å². The Balaban J connectivity index is 1.79. The molecule has 106 valence electrons. The first-order valence-electron chi connectivity index (χ1n) is 6.94. The summed E-state index contributed by atoms with van der Waals surface area (Å²) in [5.41, 5.74) is 3.82. The van der Waals surface area contributed by atoms with Gasteiger partial charge in [0, 0.05) is 11.1 Å². The topological polar surface area (TPSA) is 58.9 Å². The van der Waals surface area contributed by atoms with Gasteiger partial charge in [0.1, 0.15) is 11.6 Å². The highest BCUT2D eigenvalue weighted by molar-refractivity contribution is 5.80. The Labute approximate surface area is 126 Å². The van der Waals surface area contributed by atoms with E-state index in [-0.39, 0.29) is 0 Å². The third-order valence-electron chi connectivity index (χ3n) is 3.55. The fraction of sp³-hybridized carbons (Fsp3) is 0. The number of nitrogens with zero attached hydrogens (tertiary/aromatic N) is 1. The highest BCUT2D eigenvalue weighted by atomic mass is 16.3. The maximum absolute atomic E-state index is 10.7. The van der Waals surface area contributed by atoms with Gasteiger partial charge in [-0.1, -0.05) is 30.3 Å². The number of hydrogen-bond donors (Lipinski definition) is 1. The first-order chi connectivity index (χ1) is 10.8. The summed E-state index contributed by atoms with van der Waals surface area (Å²) >= 11 is 0. The lowest BCUT2D eigenvalue weighted by Gasteiger charge is -2.00. The summed E-state index contributed by atoms with van der Waals surface area (Å²) in [4.78, 5) is 18.6. The molecule has 0 aliphatic carbocycles. The number of nitrogens with one attached hydrogen (secondary N) is 1. The number of fused-ring (bicyclic) bond motifs is 1. The summed E-state index contributed by atoms with van der Waals surface area (Å²) in [5.74, 6) is 1.80. The molecule has 0 unspecified atom stereocenters. The third-order valence-corrected chi connectivity index (χ3v) is 3.55. The molecule has 0 fully saturated rings. The van der Waals surface area contributed by atoms with Gasteiger partial charge in [-0.05, 0) is 30.3 Å². The summed E-state index contributed by atoms with van der Waals surface area (Å²) in [7, 11) is 0. The minimum absolute atomic E-state index is 0.323. The zero-order valence-electron chi connectivity index (χ0n) is 11.6. The van der Waals surface area contributed by atoms with Gasteiger partial charge in [-0.15, -0.1) is 0 Å². The molecule has 1 N–H and O–H groups in total. The maximum Gasteiger partial charge on any atom is 0.185 e. The van der Waals surface area contributed by atoms with E-state index in [1.54, 1.807) is 12.1 Å². The molecule has 0 spiro atoms. The molecule has 2 heterocycles. The van der Waals surface area contributed by atoms with E-state index in [1.807, 2.05) is 48.5 Å². The Morgan fingerprint density at radius 2 is 1.82 bits per heavy atom. The molecular formula is C18H12N2O2. The fourth-order valence-electron chi connectivity index (χ4n) is 2.48. The predicted octanol–water partition coefficient (Wildman–Crippen LogP) is 4.30. The minimum atomic E-state index is 0.323. The van der Waals surface area contributed by atoms with Crippen molar-refractivity contribution in [3.63, 3.8) is 0 Å². The second-order valence-electron chi connectivity index (χ2n) is 5.00. The molecule has 0 saturated heterocycles. The summed E-state index contributed by atoms with van der Waals surface area (Å²) in [5, 5.41) is 0. The standard InChI is InChI=1S/C18H12N2O2/c21-11-14-8-9-17(22-14)12-4-3-5-13(10-12)18-19-15-6-1-2-7-16(15)20-18/h1-11H,(H,19,20). The second kappa shape index (κ2) is 5.00. The van der Waals surface area contributed by atoms with Gasteiger partial charge in [-0.25, -0.2) is 4.98 Å². The number of aromatic amines is 1. The van der Waals surface area contributed by atoms with Crippen LogP contribution in [-0.4, -0.2) is 16.3 Å². The molecule has 2 aromatic carbocycles. The van der Waals surface area contributed by atoms with Crippen LogP contribution >= 0.6 is 0 Å². The van der Waals surface area contributed by atoms with E-state index in [0.29, 0.717) is 17.8 Å². The fourth-order valence-corrected chi connectivity index (χ4v) is 2.48. The van der Waals surface area contributed by atoms with Crippen molar-refractivity contribution in [1.29, 1.82) is 0 Å². The molecule has 0 amide bonds. The highest BCUT2D eigenvalue weighted by Gasteiger charge is 2.08. The number of carbonyl (C=O) groups is 1. The summed E-state index contributed by atoms with van der Waals surface area (Å²) < 4.78 is 5.47. The van der Waals surface area contributed by atoms with E-state index in [4.69, 9.17) is 4.42 Å². The average molecular weight is 288 g/mol. The Kier molecular flexibility index (Phi) is 2.86. The lowest BCUT2D eigenvalue weighted by atomic mass is 10.1. The molecular weight excluding hydrogens is 276 g/mol. The van der Waals surface area contributed by atoms with E-state index in [0.717, 1.165) is 28.0 Å². The van der Waals surface area contributed by atoms with Gasteiger partial charge < -0.3 is 9.40 Å². The van der Waals surface area contributed by atoms with E-state index >= 15 is 0 Å². The van der Waals surface area contributed by atoms with Gasteiger partial charge >= 0.3 is 0 Å². The molecule has 4 heteroatoms. The third kappa shape index (κ3) is 2.11. The number of hydrogen-bond acceptors (Lipinski definition) is 3. The van der Waals surface area contributed by atoms with E-state index in [1.165, 1.54) is 0 Å². The van der Waals surface area contributed by atoms with Crippen LogP contribution in [0.1, 0.15) is 10.6 Å². The van der Waals surface area contributed by atoms with Crippen LogP contribution in [0.2, 0.25) is 0 Å². The van der Waals surface area contributed by atoms with Crippen molar-refractivity contribution in [3.8, 4) is 22.7 Å². The zero-order valence-corrected chi connectivity index (χ0v) is 11.6. The van der Waals surface area contributed by atoms with Crippen molar-refractivity contribution < 1.29 is 9.21 Å². The molecule has 0 aliphatic rings. The molecule has 0 saturated carbocycles. The number of aromatic nitrogens is 2. The quantitative estimate of drug-likeness (QED) is 0.572. The smallest absolute Gasteiger partial charge is 0.185 e. The number of rotatable bonds is 3. The van der Waals surface area contributed by atoms with E-state index < -0.39 is 0 Å². The SMILES string of the molecule is O=Cc1ccc(-c2cccc(-c3nc4ccccc4[nH]3)c2)o1. The predicted molar refractivity (Wildman–Crippen MR) is 84.6 cm³/mol. The number of aldehydes is 1. The van der Waals surface area contributed by atoms with Crippen LogP contribution in [0.4, 0.5) is 0 Å². The number of carbonyl (C=O) groups excluding carboxylic acids is 1. The molecule has 2 aromatic heterocycles. The van der Waals surface area contributed by atoms with Crippen LogP contribution in [0.5, 0.6) is 0 Å². The molecule has 22 heavy (non-hydrogen) atoms. The average Bonchev–Trinajstić information content (AvgIpc) is 3.21. The van der Waals surface area contributed by atoms with Crippen LogP contribution in [-0.2, 0) is 0 Å². The van der Waals surface area contributed by atoms with Gasteiger partial charge in [0.25, 0.3) is 0 Å². The van der Waals surface area contributed by atoms with Gasteiger partial charge in [0.2, 0.25) is 0 Å². The summed E-state index contributed by atoms with van der Waals surface area (Å²) in [6.45, 7) is 0. The monoisotopic (exact) mass is 288 g/mol. The van der Waals surface area contributed by atoms with Crippen molar-refractivity contribution in [3.05, 3.63) is 66.4 Å². The number of H-pyrrole nitrogens is 1. The molecule has 4 nitrogen and oxygen atoms in total. The minimum Gasteiger partial charge on any atom is -0.453 e. The van der Waals surface area contributed by atoms with E-state index in [9.17, 15) is 4.79 Å². The number of furan rings is 1. The van der Waals surface area contributed by atoms with Crippen molar-refractivity contribution >= 4 is 17.3 Å². The second-order valence-corrected chi connectivity index (χ2v) is 5.00. The number of benzene rings is 2. The van der Waals surface area contributed by atoms with Crippen molar-refractivity contribution in [2.24, 2.45) is 0 Å². The highest BCUT2D eigenvalue weighted by Crippen LogP contribution is 2.27.